The minimum atomic E-state index is 0.213. The molecule has 2 N–H and O–H groups in total. The van der Waals surface area contributed by atoms with Gasteiger partial charge < -0.3 is 10.5 Å². The summed E-state index contributed by atoms with van der Waals surface area (Å²) >= 11 is 0. The minimum Gasteiger partial charge on any atom is -0.375 e. The van der Waals surface area contributed by atoms with Crippen LogP contribution in [0.25, 0.3) is 0 Å². The maximum atomic E-state index is 6.28. The number of likely N-dealkylation sites (tertiary alicyclic amines) is 1. The largest absolute Gasteiger partial charge is 0.375 e. The van der Waals surface area contributed by atoms with Gasteiger partial charge in [-0.15, -0.1) is 0 Å². The van der Waals surface area contributed by atoms with Crippen molar-refractivity contribution in [1.29, 1.82) is 0 Å². The molecular weight excluding hydrogens is 236 g/mol. The summed E-state index contributed by atoms with van der Waals surface area (Å²) in [5.41, 5.74) is 6.49. The quantitative estimate of drug-likeness (QED) is 0.835. The van der Waals surface area contributed by atoms with Crippen LogP contribution in [0, 0.1) is 5.92 Å². The van der Waals surface area contributed by atoms with Gasteiger partial charge in [-0.3, -0.25) is 4.90 Å². The SMILES string of the molecule is CC1CC(CN)(N2CCCC3CCCC32)CC(C)O1. The Hall–Kier alpha value is -0.120. The maximum absolute atomic E-state index is 6.28. The van der Waals surface area contributed by atoms with Gasteiger partial charge in [0, 0.05) is 18.1 Å². The number of hydrogen-bond acceptors (Lipinski definition) is 3. The lowest BCUT2D eigenvalue weighted by Gasteiger charge is -2.54. The molecule has 0 spiro atoms. The van der Waals surface area contributed by atoms with Crippen molar-refractivity contribution in [1.82, 2.24) is 4.90 Å². The number of fused-ring (bicyclic) bond motifs is 1. The van der Waals surface area contributed by atoms with Gasteiger partial charge in [-0.2, -0.15) is 0 Å². The van der Waals surface area contributed by atoms with Crippen LogP contribution >= 0.6 is 0 Å². The Kier molecular flexibility index (Phi) is 3.89. The highest BCUT2D eigenvalue weighted by atomic mass is 16.5. The van der Waals surface area contributed by atoms with Crippen molar-refractivity contribution in [3.63, 3.8) is 0 Å². The van der Waals surface area contributed by atoms with Crippen LogP contribution in [0.15, 0.2) is 0 Å². The van der Waals surface area contributed by atoms with Gasteiger partial charge in [0.05, 0.1) is 12.2 Å². The Morgan fingerprint density at radius 3 is 2.47 bits per heavy atom. The number of ether oxygens (including phenoxy) is 1. The molecule has 0 amide bonds. The Balaban J connectivity index is 1.83. The van der Waals surface area contributed by atoms with Crippen LogP contribution in [0.1, 0.15) is 58.8 Å². The molecule has 4 unspecified atom stereocenters. The summed E-state index contributed by atoms with van der Waals surface area (Å²) in [5, 5.41) is 0. The third kappa shape index (κ3) is 2.45. The van der Waals surface area contributed by atoms with Gasteiger partial charge in [0.15, 0.2) is 0 Å². The summed E-state index contributed by atoms with van der Waals surface area (Å²) in [6, 6.07) is 0.815. The highest BCUT2D eigenvalue weighted by Crippen LogP contribution is 2.44. The first kappa shape index (κ1) is 13.8. The average molecular weight is 266 g/mol. The van der Waals surface area contributed by atoms with E-state index in [-0.39, 0.29) is 5.54 Å². The molecule has 3 aliphatic rings. The molecule has 0 aromatic heterocycles. The van der Waals surface area contributed by atoms with Gasteiger partial charge in [0.2, 0.25) is 0 Å². The fourth-order valence-electron chi connectivity index (χ4n) is 5.21. The van der Waals surface area contributed by atoms with E-state index >= 15 is 0 Å². The lowest BCUT2D eigenvalue weighted by atomic mass is 9.78. The van der Waals surface area contributed by atoms with E-state index in [0.29, 0.717) is 12.2 Å². The zero-order chi connectivity index (χ0) is 13.5. The van der Waals surface area contributed by atoms with Crippen LogP contribution in [-0.4, -0.2) is 41.8 Å². The van der Waals surface area contributed by atoms with Gasteiger partial charge in [-0.1, -0.05) is 6.42 Å². The predicted molar refractivity (Wildman–Crippen MR) is 78.1 cm³/mol. The van der Waals surface area contributed by atoms with Crippen LogP contribution in [0.5, 0.6) is 0 Å². The highest BCUT2D eigenvalue weighted by Gasteiger charge is 2.48. The molecule has 0 radical (unpaired) electrons. The van der Waals surface area contributed by atoms with Crippen molar-refractivity contribution in [2.45, 2.75) is 82.6 Å². The molecule has 0 aromatic carbocycles. The fraction of sp³-hybridized carbons (Fsp3) is 1.00. The fourth-order valence-corrected chi connectivity index (χ4v) is 5.21. The summed E-state index contributed by atoms with van der Waals surface area (Å²) < 4.78 is 5.96. The van der Waals surface area contributed by atoms with E-state index in [0.717, 1.165) is 31.3 Å². The molecule has 2 aliphatic heterocycles. The minimum absolute atomic E-state index is 0.213. The third-order valence-corrected chi connectivity index (χ3v) is 5.78. The molecule has 3 rings (SSSR count). The Morgan fingerprint density at radius 1 is 1.11 bits per heavy atom. The van der Waals surface area contributed by atoms with Crippen molar-refractivity contribution in [2.24, 2.45) is 11.7 Å². The molecule has 0 bridgehead atoms. The first-order valence-corrected chi connectivity index (χ1v) is 8.27. The summed E-state index contributed by atoms with van der Waals surface area (Å²) in [6.45, 7) is 6.50. The molecule has 1 saturated carbocycles. The van der Waals surface area contributed by atoms with E-state index in [1.165, 1.54) is 38.6 Å². The molecule has 0 aromatic rings. The summed E-state index contributed by atoms with van der Waals surface area (Å²) in [6.07, 6.45) is 10.0. The van der Waals surface area contributed by atoms with Crippen molar-refractivity contribution >= 4 is 0 Å². The van der Waals surface area contributed by atoms with E-state index in [1.807, 2.05) is 0 Å². The molecular formula is C16H30N2O. The Morgan fingerprint density at radius 2 is 1.79 bits per heavy atom. The zero-order valence-electron chi connectivity index (χ0n) is 12.6. The second-order valence-electron chi connectivity index (χ2n) is 7.19. The molecule has 3 heteroatoms. The third-order valence-electron chi connectivity index (χ3n) is 5.78. The van der Waals surface area contributed by atoms with Gasteiger partial charge >= 0.3 is 0 Å². The molecule has 19 heavy (non-hydrogen) atoms. The lowest BCUT2D eigenvalue weighted by Crippen LogP contribution is -2.64. The molecule has 2 heterocycles. The van der Waals surface area contributed by atoms with E-state index < -0.39 is 0 Å². The number of hydrogen-bond donors (Lipinski definition) is 1. The smallest absolute Gasteiger partial charge is 0.0568 e. The number of nitrogens with zero attached hydrogens (tertiary/aromatic N) is 1. The molecule has 110 valence electrons. The van der Waals surface area contributed by atoms with Crippen LogP contribution < -0.4 is 5.73 Å². The van der Waals surface area contributed by atoms with Gasteiger partial charge in [0.25, 0.3) is 0 Å². The number of piperidine rings is 1. The van der Waals surface area contributed by atoms with E-state index in [1.54, 1.807) is 0 Å². The predicted octanol–water partition coefficient (Wildman–Crippen LogP) is 2.54. The van der Waals surface area contributed by atoms with Crippen molar-refractivity contribution in [3.8, 4) is 0 Å². The second-order valence-corrected chi connectivity index (χ2v) is 7.19. The lowest BCUT2D eigenvalue weighted by molar-refractivity contribution is -0.122. The van der Waals surface area contributed by atoms with Crippen LogP contribution in [0.3, 0.4) is 0 Å². The van der Waals surface area contributed by atoms with Gasteiger partial charge in [-0.05, 0) is 64.8 Å². The van der Waals surface area contributed by atoms with Crippen LogP contribution in [-0.2, 0) is 4.74 Å². The first-order chi connectivity index (χ1) is 9.14. The van der Waals surface area contributed by atoms with Crippen molar-refractivity contribution in [3.05, 3.63) is 0 Å². The summed E-state index contributed by atoms with van der Waals surface area (Å²) in [5.74, 6) is 0.950. The number of rotatable bonds is 2. The average Bonchev–Trinajstić information content (AvgIpc) is 2.85. The van der Waals surface area contributed by atoms with E-state index in [4.69, 9.17) is 10.5 Å². The standard InChI is InChI=1S/C16H30N2O/c1-12-9-16(11-17,10-13(2)19-12)18-8-4-6-14-5-3-7-15(14)18/h12-15H,3-11,17H2,1-2H3. The number of nitrogens with two attached hydrogens (primary N) is 1. The van der Waals surface area contributed by atoms with E-state index in [9.17, 15) is 0 Å². The molecule has 3 fully saturated rings. The summed E-state index contributed by atoms with van der Waals surface area (Å²) in [4.78, 5) is 2.82. The van der Waals surface area contributed by atoms with Crippen LogP contribution in [0.2, 0.25) is 0 Å². The van der Waals surface area contributed by atoms with Crippen molar-refractivity contribution < 1.29 is 4.74 Å². The first-order valence-electron chi connectivity index (χ1n) is 8.27. The summed E-state index contributed by atoms with van der Waals surface area (Å²) in [7, 11) is 0. The monoisotopic (exact) mass is 266 g/mol. The molecule has 2 saturated heterocycles. The zero-order valence-corrected chi connectivity index (χ0v) is 12.6. The van der Waals surface area contributed by atoms with Crippen LogP contribution in [0.4, 0.5) is 0 Å². The van der Waals surface area contributed by atoms with E-state index in [2.05, 4.69) is 18.7 Å². The maximum Gasteiger partial charge on any atom is 0.0568 e. The Labute approximate surface area is 117 Å². The van der Waals surface area contributed by atoms with Gasteiger partial charge in [0.1, 0.15) is 0 Å². The van der Waals surface area contributed by atoms with Gasteiger partial charge in [-0.25, -0.2) is 0 Å². The topological polar surface area (TPSA) is 38.5 Å². The normalized spacial score (nSPS) is 48.2. The Bertz CT molecular complexity index is 310. The second kappa shape index (κ2) is 5.34. The molecule has 4 atom stereocenters. The highest BCUT2D eigenvalue weighted by molar-refractivity contribution is 5.03. The molecule has 1 aliphatic carbocycles. The molecule has 3 nitrogen and oxygen atoms in total. The van der Waals surface area contributed by atoms with Crippen molar-refractivity contribution in [2.75, 3.05) is 13.1 Å².